The van der Waals surface area contributed by atoms with Gasteiger partial charge in [-0.1, -0.05) is 13.8 Å². The van der Waals surface area contributed by atoms with Gasteiger partial charge in [0.05, 0.1) is 19.8 Å². The fourth-order valence-electron chi connectivity index (χ4n) is 3.63. The first kappa shape index (κ1) is 22.4. The van der Waals surface area contributed by atoms with E-state index in [-0.39, 0.29) is 18.2 Å². The predicted molar refractivity (Wildman–Crippen MR) is 119 cm³/mol. The number of alkyl halides is 3. The normalized spacial score (nSPS) is 12.0. The molecule has 174 valence electrons. The summed E-state index contributed by atoms with van der Waals surface area (Å²) in [4.78, 5) is 0. The Balaban J connectivity index is 1.85. The molecule has 8 nitrogen and oxygen atoms in total. The van der Waals surface area contributed by atoms with E-state index in [0.717, 1.165) is 12.1 Å². The average Bonchev–Trinajstić information content (AvgIpc) is 3.19. The standard InChI is InChI=1S/C22H23F3N6O2/c1-11(2)20-28-29-21-16-9-18(33-4)17(32-3)8-15(16)19(30-31(20)21)27-10-12-5-13(22(23,24)25)7-14(26)6-12/h5-9,11H,10,26H2,1-4H3,(H,27,30). The Bertz CT molecular complexity index is 1330. The fourth-order valence-corrected chi connectivity index (χ4v) is 3.63. The van der Waals surface area contributed by atoms with Crippen LogP contribution in [-0.4, -0.2) is 34.0 Å². The Hall–Kier alpha value is -3.76. The zero-order valence-corrected chi connectivity index (χ0v) is 18.5. The number of hydrogen-bond donors (Lipinski definition) is 2. The Morgan fingerprint density at radius 3 is 2.27 bits per heavy atom. The molecule has 0 aliphatic heterocycles. The molecule has 0 aliphatic rings. The van der Waals surface area contributed by atoms with Crippen molar-refractivity contribution < 1.29 is 22.6 Å². The largest absolute Gasteiger partial charge is 0.493 e. The number of methoxy groups -OCH3 is 2. The summed E-state index contributed by atoms with van der Waals surface area (Å²) in [5.41, 5.74) is 5.83. The number of halogens is 3. The minimum Gasteiger partial charge on any atom is -0.493 e. The quantitative estimate of drug-likeness (QED) is 0.405. The third kappa shape index (κ3) is 4.18. The minimum atomic E-state index is -4.49. The van der Waals surface area contributed by atoms with E-state index in [0.29, 0.717) is 45.1 Å². The van der Waals surface area contributed by atoms with Crippen LogP contribution in [0.1, 0.15) is 36.7 Å². The van der Waals surface area contributed by atoms with Gasteiger partial charge in [-0.25, -0.2) is 0 Å². The Morgan fingerprint density at radius 2 is 1.67 bits per heavy atom. The van der Waals surface area contributed by atoms with Gasteiger partial charge in [-0.3, -0.25) is 0 Å². The Morgan fingerprint density at radius 1 is 1.00 bits per heavy atom. The average molecular weight is 460 g/mol. The number of nitrogens with zero attached hydrogens (tertiary/aromatic N) is 4. The smallest absolute Gasteiger partial charge is 0.416 e. The molecular weight excluding hydrogens is 437 g/mol. The number of hydrogen-bond acceptors (Lipinski definition) is 7. The highest BCUT2D eigenvalue weighted by atomic mass is 19.4. The third-order valence-electron chi connectivity index (χ3n) is 5.20. The van der Waals surface area contributed by atoms with Gasteiger partial charge in [-0.15, -0.1) is 15.3 Å². The molecule has 0 fully saturated rings. The monoisotopic (exact) mass is 460 g/mol. The first-order chi connectivity index (χ1) is 15.6. The first-order valence-electron chi connectivity index (χ1n) is 10.1. The maximum absolute atomic E-state index is 13.2. The van der Waals surface area contributed by atoms with E-state index < -0.39 is 11.7 Å². The minimum absolute atomic E-state index is 0.0298. The SMILES string of the molecule is COc1cc2c(NCc3cc(N)cc(C(F)(F)F)c3)nn3c(C(C)C)nnc3c2cc1OC. The lowest BCUT2D eigenvalue weighted by Gasteiger charge is -2.15. The van der Waals surface area contributed by atoms with Gasteiger partial charge in [0.2, 0.25) is 0 Å². The third-order valence-corrected chi connectivity index (χ3v) is 5.20. The molecule has 0 radical (unpaired) electrons. The molecule has 0 bridgehead atoms. The Kier molecular flexibility index (Phi) is 5.64. The highest BCUT2D eigenvalue weighted by molar-refractivity contribution is 6.02. The van der Waals surface area contributed by atoms with Crippen LogP contribution in [0.25, 0.3) is 16.4 Å². The van der Waals surface area contributed by atoms with Gasteiger partial charge in [-0.2, -0.15) is 17.7 Å². The number of rotatable bonds is 6. The van der Waals surface area contributed by atoms with Gasteiger partial charge in [0.1, 0.15) is 0 Å². The summed E-state index contributed by atoms with van der Waals surface area (Å²) in [7, 11) is 3.05. The molecule has 0 amide bonds. The van der Waals surface area contributed by atoms with Gasteiger partial charge in [-0.05, 0) is 35.9 Å². The van der Waals surface area contributed by atoms with Crippen molar-refractivity contribution in [1.29, 1.82) is 0 Å². The molecule has 0 aliphatic carbocycles. The van der Waals surface area contributed by atoms with Gasteiger partial charge < -0.3 is 20.5 Å². The molecule has 2 aromatic carbocycles. The molecule has 4 aromatic rings. The molecular formula is C22H23F3N6O2. The van der Waals surface area contributed by atoms with E-state index in [1.807, 2.05) is 13.8 Å². The number of benzene rings is 2. The molecule has 0 saturated heterocycles. The van der Waals surface area contributed by atoms with Crippen LogP contribution in [0.3, 0.4) is 0 Å². The van der Waals surface area contributed by atoms with Gasteiger partial charge in [0.15, 0.2) is 28.8 Å². The molecule has 33 heavy (non-hydrogen) atoms. The molecule has 0 atom stereocenters. The van der Waals surface area contributed by atoms with Crippen LogP contribution in [0.5, 0.6) is 11.5 Å². The molecule has 4 rings (SSSR count). The Labute approximate surface area is 187 Å². The van der Waals surface area contributed by atoms with Crippen molar-refractivity contribution in [3.63, 3.8) is 0 Å². The van der Waals surface area contributed by atoms with E-state index in [1.165, 1.54) is 20.3 Å². The molecule has 2 heterocycles. The first-order valence-corrected chi connectivity index (χ1v) is 10.1. The van der Waals surface area contributed by atoms with Crippen LogP contribution in [0.4, 0.5) is 24.7 Å². The van der Waals surface area contributed by atoms with Crippen molar-refractivity contribution in [2.45, 2.75) is 32.5 Å². The lowest BCUT2D eigenvalue weighted by Crippen LogP contribution is -2.10. The molecule has 2 aromatic heterocycles. The summed E-state index contributed by atoms with van der Waals surface area (Å²) < 4.78 is 52.1. The second-order valence-corrected chi connectivity index (χ2v) is 7.86. The second-order valence-electron chi connectivity index (χ2n) is 7.86. The van der Waals surface area contributed by atoms with Crippen molar-refractivity contribution >= 4 is 27.9 Å². The maximum atomic E-state index is 13.2. The highest BCUT2D eigenvalue weighted by Crippen LogP contribution is 2.37. The van der Waals surface area contributed by atoms with E-state index in [2.05, 4.69) is 20.6 Å². The van der Waals surface area contributed by atoms with Gasteiger partial charge in [0.25, 0.3) is 0 Å². The van der Waals surface area contributed by atoms with Gasteiger partial charge >= 0.3 is 6.18 Å². The highest BCUT2D eigenvalue weighted by Gasteiger charge is 2.31. The maximum Gasteiger partial charge on any atom is 0.416 e. The fraction of sp³-hybridized carbons (Fsp3) is 0.318. The lowest BCUT2D eigenvalue weighted by molar-refractivity contribution is -0.137. The van der Waals surface area contributed by atoms with Crippen molar-refractivity contribution in [2.75, 3.05) is 25.3 Å². The number of ether oxygens (including phenoxy) is 2. The van der Waals surface area contributed by atoms with E-state index >= 15 is 0 Å². The van der Waals surface area contributed by atoms with Crippen LogP contribution in [0.2, 0.25) is 0 Å². The van der Waals surface area contributed by atoms with Crippen molar-refractivity contribution in [3.05, 3.63) is 47.3 Å². The zero-order valence-electron chi connectivity index (χ0n) is 18.5. The predicted octanol–water partition coefficient (Wildman–Crippen LogP) is 4.63. The van der Waals surface area contributed by atoms with E-state index in [9.17, 15) is 13.2 Å². The molecule has 3 N–H and O–H groups in total. The summed E-state index contributed by atoms with van der Waals surface area (Å²) in [5, 5.41) is 17.7. The summed E-state index contributed by atoms with van der Waals surface area (Å²) in [6.45, 7) is 4.00. The van der Waals surface area contributed by atoms with Crippen molar-refractivity contribution in [1.82, 2.24) is 19.8 Å². The number of aromatic nitrogens is 4. The van der Waals surface area contributed by atoms with Crippen molar-refractivity contribution in [3.8, 4) is 11.5 Å². The molecule has 0 saturated carbocycles. The van der Waals surface area contributed by atoms with Crippen LogP contribution in [-0.2, 0) is 12.7 Å². The second kappa shape index (κ2) is 8.30. The molecule has 11 heteroatoms. The van der Waals surface area contributed by atoms with E-state index in [1.54, 1.807) is 16.6 Å². The van der Waals surface area contributed by atoms with Crippen LogP contribution in [0, 0.1) is 0 Å². The number of nitrogens with two attached hydrogens (primary N) is 1. The van der Waals surface area contributed by atoms with E-state index in [4.69, 9.17) is 15.2 Å². The summed E-state index contributed by atoms with van der Waals surface area (Å²) in [6.07, 6.45) is -4.49. The zero-order chi connectivity index (χ0) is 23.9. The van der Waals surface area contributed by atoms with Crippen LogP contribution < -0.4 is 20.5 Å². The van der Waals surface area contributed by atoms with Crippen molar-refractivity contribution in [2.24, 2.45) is 0 Å². The molecule has 0 unspecified atom stereocenters. The number of nitrogens with one attached hydrogen (secondary N) is 1. The lowest BCUT2D eigenvalue weighted by atomic mass is 10.1. The molecule has 0 spiro atoms. The van der Waals surface area contributed by atoms with Crippen LogP contribution in [0.15, 0.2) is 30.3 Å². The number of fused-ring (bicyclic) bond motifs is 3. The number of nitrogen functional groups attached to an aromatic ring is 1. The topological polar surface area (TPSA) is 99.6 Å². The number of anilines is 2. The van der Waals surface area contributed by atoms with Crippen LogP contribution >= 0.6 is 0 Å². The van der Waals surface area contributed by atoms with Gasteiger partial charge in [0, 0.05) is 28.9 Å². The summed E-state index contributed by atoms with van der Waals surface area (Å²) in [6, 6.07) is 6.98. The summed E-state index contributed by atoms with van der Waals surface area (Å²) >= 11 is 0. The summed E-state index contributed by atoms with van der Waals surface area (Å²) in [5.74, 6) is 2.10.